The molecule has 0 atom stereocenters. The van der Waals surface area contributed by atoms with E-state index in [1.54, 1.807) is 6.07 Å². The summed E-state index contributed by atoms with van der Waals surface area (Å²) in [6.07, 6.45) is 1.82. The van der Waals surface area contributed by atoms with Crippen LogP contribution in [0.4, 0.5) is 5.69 Å². The fourth-order valence-corrected chi connectivity index (χ4v) is 3.37. The first-order chi connectivity index (χ1) is 11.8. The number of ether oxygens (including phenoxy) is 1. The van der Waals surface area contributed by atoms with Gasteiger partial charge in [0.25, 0.3) is 5.19 Å². The molecule has 1 N–H and O–H groups in total. The minimum atomic E-state index is -0.385. The Balaban J connectivity index is 1.83. The third-order valence-corrected chi connectivity index (χ3v) is 5.43. The van der Waals surface area contributed by atoms with E-state index in [0.29, 0.717) is 27.5 Å². The molecule has 1 aliphatic carbocycles. The van der Waals surface area contributed by atoms with E-state index in [1.165, 1.54) is 11.5 Å². The highest BCUT2D eigenvalue weighted by Gasteiger charge is 2.46. The zero-order valence-electron chi connectivity index (χ0n) is 14.6. The Bertz CT molecular complexity index is 815. The lowest BCUT2D eigenvalue weighted by Gasteiger charge is -2.12. The highest BCUT2D eigenvalue weighted by molar-refractivity contribution is 7.07. The Morgan fingerprint density at radius 1 is 1.40 bits per heavy atom. The van der Waals surface area contributed by atoms with E-state index in [9.17, 15) is 0 Å². The summed E-state index contributed by atoms with van der Waals surface area (Å²) in [6, 6.07) is 3.67. The average molecular weight is 399 g/mol. The number of halogens is 2. The Morgan fingerprint density at radius 2 is 2.12 bits per heavy atom. The SMILES string of the molecule is CNC(=Nc1cc(C)c(Oc2nc(C3(Cl)CC3)ns2)cc1Cl)C(C)C. The highest BCUT2D eigenvalue weighted by atomic mass is 35.5. The molecule has 0 amide bonds. The molecule has 5 nitrogen and oxygen atoms in total. The standard InChI is InChI=1S/C17H20Cl2N4OS/c1-9(2)14(20-4)21-12-7-10(3)13(8-11(12)18)24-16-22-15(23-25-16)17(19)5-6-17/h7-9H,5-6H2,1-4H3,(H,20,21). The highest BCUT2D eigenvalue weighted by Crippen LogP contribution is 2.51. The van der Waals surface area contributed by atoms with Crippen molar-refractivity contribution in [1.29, 1.82) is 0 Å². The minimum absolute atomic E-state index is 0.280. The van der Waals surface area contributed by atoms with Gasteiger partial charge < -0.3 is 10.1 Å². The van der Waals surface area contributed by atoms with E-state index < -0.39 is 0 Å². The number of amidine groups is 1. The Labute approximate surface area is 161 Å². The molecular formula is C17H20Cl2N4OS. The number of hydrogen-bond acceptors (Lipinski definition) is 5. The van der Waals surface area contributed by atoms with E-state index in [-0.39, 0.29) is 10.8 Å². The maximum Gasteiger partial charge on any atom is 0.298 e. The molecule has 1 aromatic carbocycles. The monoisotopic (exact) mass is 398 g/mol. The second kappa shape index (κ2) is 7.09. The smallest absolute Gasteiger partial charge is 0.298 e. The van der Waals surface area contributed by atoms with Crippen molar-refractivity contribution in [3.05, 3.63) is 28.5 Å². The number of benzene rings is 1. The number of hydrogen-bond donors (Lipinski definition) is 1. The van der Waals surface area contributed by atoms with Crippen LogP contribution in [0.25, 0.3) is 0 Å². The van der Waals surface area contributed by atoms with Crippen LogP contribution in [-0.4, -0.2) is 22.2 Å². The molecule has 25 heavy (non-hydrogen) atoms. The number of aromatic nitrogens is 2. The molecule has 8 heteroatoms. The van der Waals surface area contributed by atoms with E-state index in [2.05, 4.69) is 33.5 Å². The molecule has 0 unspecified atom stereocenters. The van der Waals surface area contributed by atoms with E-state index >= 15 is 0 Å². The van der Waals surface area contributed by atoms with Crippen LogP contribution in [0.2, 0.25) is 5.02 Å². The van der Waals surface area contributed by atoms with Crippen LogP contribution in [-0.2, 0) is 4.87 Å². The van der Waals surface area contributed by atoms with Crippen molar-refractivity contribution in [3.63, 3.8) is 0 Å². The second-order valence-electron chi connectivity index (χ2n) is 6.42. The first kappa shape index (κ1) is 18.4. The van der Waals surface area contributed by atoms with Crippen LogP contribution in [0.3, 0.4) is 0 Å². The fourth-order valence-electron chi connectivity index (χ4n) is 2.31. The minimum Gasteiger partial charge on any atom is -0.430 e. The molecule has 1 aliphatic rings. The van der Waals surface area contributed by atoms with Gasteiger partial charge in [0.15, 0.2) is 5.82 Å². The van der Waals surface area contributed by atoms with E-state index in [0.717, 1.165) is 24.2 Å². The van der Waals surface area contributed by atoms with Gasteiger partial charge in [0.05, 0.1) is 10.7 Å². The van der Waals surface area contributed by atoms with Crippen LogP contribution in [0.5, 0.6) is 10.9 Å². The molecule has 3 rings (SSSR count). The summed E-state index contributed by atoms with van der Waals surface area (Å²) in [5.41, 5.74) is 1.63. The quantitative estimate of drug-likeness (QED) is 0.414. The predicted molar refractivity (Wildman–Crippen MR) is 104 cm³/mol. The zero-order chi connectivity index (χ0) is 18.2. The summed E-state index contributed by atoms with van der Waals surface area (Å²) in [5.74, 6) is 2.44. The first-order valence-electron chi connectivity index (χ1n) is 8.10. The summed E-state index contributed by atoms with van der Waals surface area (Å²) >= 11 is 13.9. The zero-order valence-corrected chi connectivity index (χ0v) is 16.9. The molecule has 0 spiro atoms. The molecule has 134 valence electrons. The van der Waals surface area contributed by atoms with Gasteiger partial charge in [0.2, 0.25) is 0 Å². The fraction of sp³-hybridized carbons (Fsp3) is 0.471. The van der Waals surface area contributed by atoms with Crippen LogP contribution in [0.1, 0.15) is 38.1 Å². The van der Waals surface area contributed by atoms with Gasteiger partial charge in [-0.05, 0) is 31.4 Å². The average Bonchev–Trinajstić information content (AvgIpc) is 3.13. The van der Waals surface area contributed by atoms with Gasteiger partial charge >= 0.3 is 0 Å². The predicted octanol–water partition coefficient (Wildman–Crippen LogP) is 5.43. The van der Waals surface area contributed by atoms with Gasteiger partial charge in [-0.15, -0.1) is 11.6 Å². The lowest BCUT2D eigenvalue weighted by atomic mass is 10.1. The molecule has 1 saturated carbocycles. The van der Waals surface area contributed by atoms with Crippen molar-refractivity contribution in [3.8, 4) is 10.9 Å². The van der Waals surface area contributed by atoms with Crippen LogP contribution >= 0.6 is 34.7 Å². The maximum absolute atomic E-state index is 6.39. The van der Waals surface area contributed by atoms with Crippen molar-refractivity contribution in [2.75, 3.05) is 7.05 Å². The molecule has 0 aliphatic heterocycles. The van der Waals surface area contributed by atoms with Gasteiger partial charge in [-0.25, -0.2) is 4.99 Å². The maximum atomic E-state index is 6.39. The number of rotatable bonds is 5. The number of aryl methyl sites for hydroxylation is 1. The van der Waals surface area contributed by atoms with Gasteiger partial charge in [-0.3, -0.25) is 0 Å². The number of nitrogens with zero attached hydrogens (tertiary/aromatic N) is 3. The molecule has 0 saturated heterocycles. The largest absolute Gasteiger partial charge is 0.430 e. The third kappa shape index (κ3) is 4.07. The summed E-state index contributed by atoms with van der Waals surface area (Å²) < 4.78 is 10.2. The molecule has 2 aromatic rings. The molecular weight excluding hydrogens is 379 g/mol. The molecule has 1 fully saturated rings. The molecule has 1 heterocycles. The lowest BCUT2D eigenvalue weighted by Crippen LogP contribution is -2.23. The summed E-state index contributed by atoms with van der Waals surface area (Å²) in [6.45, 7) is 6.10. The molecule has 0 radical (unpaired) electrons. The van der Waals surface area contributed by atoms with Gasteiger partial charge in [-0.1, -0.05) is 25.4 Å². The van der Waals surface area contributed by atoms with Gasteiger partial charge in [-0.2, -0.15) is 9.36 Å². The topological polar surface area (TPSA) is 59.4 Å². The van der Waals surface area contributed by atoms with Gasteiger partial charge in [0, 0.05) is 30.6 Å². The first-order valence-corrected chi connectivity index (χ1v) is 9.63. The number of aliphatic imine (C=N–C) groups is 1. The number of alkyl halides is 1. The van der Waals surface area contributed by atoms with Crippen LogP contribution in [0, 0.1) is 12.8 Å². The normalized spacial score (nSPS) is 16.2. The van der Waals surface area contributed by atoms with Crippen molar-refractivity contribution in [2.45, 2.75) is 38.5 Å². The Morgan fingerprint density at radius 3 is 2.72 bits per heavy atom. The van der Waals surface area contributed by atoms with Crippen molar-refractivity contribution in [1.82, 2.24) is 14.7 Å². The van der Waals surface area contributed by atoms with Crippen molar-refractivity contribution < 1.29 is 4.74 Å². The van der Waals surface area contributed by atoms with E-state index in [4.69, 9.17) is 27.9 Å². The lowest BCUT2D eigenvalue weighted by molar-refractivity contribution is 0.473. The third-order valence-electron chi connectivity index (χ3n) is 3.98. The Hall–Kier alpha value is -1.37. The Kier molecular flexibility index (Phi) is 5.23. The molecule has 0 bridgehead atoms. The van der Waals surface area contributed by atoms with Crippen LogP contribution < -0.4 is 10.1 Å². The van der Waals surface area contributed by atoms with Crippen molar-refractivity contribution in [2.24, 2.45) is 10.9 Å². The summed E-state index contributed by atoms with van der Waals surface area (Å²) in [4.78, 5) is 8.61. The summed E-state index contributed by atoms with van der Waals surface area (Å²) in [7, 11) is 1.85. The van der Waals surface area contributed by atoms with E-state index in [1.807, 2.05) is 20.0 Å². The van der Waals surface area contributed by atoms with Gasteiger partial charge in [0.1, 0.15) is 16.5 Å². The second-order valence-corrected chi connectivity index (χ2v) is 8.27. The molecule has 1 aromatic heterocycles. The summed E-state index contributed by atoms with van der Waals surface area (Å²) in [5, 5.41) is 4.10. The van der Waals surface area contributed by atoms with Crippen LogP contribution in [0.15, 0.2) is 17.1 Å². The van der Waals surface area contributed by atoms with Crippen molar-refractivity contribution >= 4 is 46.3 Å². The number of nitrogens with one attached hydrogen (secondary N) is 1.